The average Bonchev–Trinajstić information content (AvgIpc) is 2.57. The van der Waals surface area contributed by atoms with Gasteiger partial charge in [-0.15, -0.1) is 0 Å². The lowest BCUT2D eigenvalue weighted by Crippen LogP contribution is -2.68. The van der Waals surface area contributed by atoms with Crippen LogP contribution in [0.15, 0.2) is 18.2 Å². The van der Waals surface area contributed by atoms with Crippen molar-refractivity contribution < 1.29 is 14.3 Å². The highest BCUT2D eigenvalue weighted by Crippen LogP contribution is 2.61. The van der Waals surface area contributed by atoms with Crippen molar-refractivity contribution in [3.8, 4) is 5.75 Å². The number of methoxy groups -OCH3 is 1. The molecule has 0 aromatic heterocycles. The molecular weight excluding hydrogens is 302 g/mol. The van der Waals surface area contributed by atoms with E-state index in [9.17, 15) is 4.79 Å². The molecule has 2 aliphatic carbocycles. The Labute approximate surface area is 144 Å². The van der Waals surface area contributed by atoms with Gasteiger partial charge in [0.1, 0.15) is 5.75 Å². The van der Waals surface area contributed by atoms with Crippen LogP contribution < -0.4 is 4.74 Å². The first-order valence-electron chi connectivity index (χ1n) is 9.05. The Balaban J connectivity index is 1.72. The third-order valence-corrected chi connectivity index (χ3v) is 6.90. The van der Waals surface area contributed by atoms with E-state index >= 15 is 0 Å². The summed E-state index contributed by atoms with van der Waals surface area (Å²) < 4.78 is 10.8. The normalized spacial score (nSPS) is 37.0. The van der Waals surface area contributed by atoms with Crippen LogP contribution in [0.1, 0.15) is 43.7 Å². The van der Waals surface area contributed by atoms with Gasteiger partial charge >= 0.3 is 5.97 Å². The summed E-state index contributed by atoms with van der Waals surface area (Å²) in [5, 5.41) is 0. The Morgan fingerprint density at radius 1 is 1.42 bits per heavy atom. The monoisotopic (exact) mass is 329 g/mol. The smallest absolute Gasteiger partial charge is 0.310 e. The standard InChI is InChI=1S/C20H27NO3/c1-5-24-19(22)15-11-20(2)16-10-17(15)21(3)18(20)9-12-8-13(23-4)6-7-14(12)16/h6-8,15-18H,5,9-11H2,1-4H3/t15?,16?,17?,18?,20-/m0/s1. The van der Waals surface area contributed by atoms with E-state index in [0.717, 1.165) is 25.0 Å². The molecule has 4 unspecified atom stereocenters. The van der Waals surface area contributed by atoms with Gasteiger partial charge < -0.3 is 9.47 Å². The van der Waals surface area contributed by atoms with E-state index in [0.29, 0.717) is 24.6 Å². The summed E-state index contributed by atoms with van der Waals surface area (Å²) >= 11 is 0. The van der Waals surface area contributed by atoms with Gasteiger partial charge in [-0.3, -0.25) is 9.69 Å². The fourth-order valence-corrected chi connectivity index (χ4v) is 5.73. The molecule has 0 radical (unpaired) electrons. The number of nitrogens with zero attached hydrogens (tertiary/aromatic N) is 1. The molecule has 1 aromatic rings. The number of esters is 1. The number of hydrogen-bond donors (Lipinski definition) is 0. The molecule has 1 aromatic carbocycles. The van der Waals surface area contributed by atoms with Gasteiger partial charge in [0.2, 0.25) is 0 Å². The number of rotatable bonds is 3. The number of fused-ring (bicyclic) bond motifs is 2. The lowest BCUT2D eigenvalue weighted by Gasteiger charge is -2.64. The van der Waals surface area contributed by atoms with Crippen molar-refractivity contribution in [2.24, 2.45) is 11.3 Å². The Morgan fingerprint density at radius 3 is 2.92 bits per heavy atom. The van der Waals surface area contributed by atoms with Crippen molar-refractivity contribution >= 4 is 5.97 Å². The van der Waals surface area contributed by atoms with Crippen molar-refractivity contribution in [3.63, 3.8) is 0 Å². The number of carbonyl (C=O) groups is 1. The zero-order valence-electron chi connectivity index (χ0n) is 15.0. The second kappa shape index (κ2) is 5.48. The maximum atomic E-state index is 12.5. The predicted molar refractivity (Wildman–Crippen MR) is 92.2 cm³/mol. The molecule has 4 nitrogen and oxygen atoms in total. The van der Waals surface area contributed by atoms with Crippen molar-refractivity contribution in [1.82, 2.24) is 4.90 Å². The van der Waals surface area contributed by atoms with Crippen LogP contribution >= 0.6 is 0 Å². The van der Waals surface area contributed by atoms with Crippen molar-refractivity contribution in [1.29, 1.82) is 0 Å². The third-order valence-electron chi connectivity index (χ3n) is 6.90. The zero-order chi connectivity index (χ0) is 17.1. The molecule has 5 atom stereocenters. The predicted octanol–water partition coefficient (Wildman–Crippen LogP) is 3.00. The van der Waals surface area contributed by atoms with Crippen molar-refractivity contribution in [2.75, 3.05) is 20.8 Å². The lowest BCUT2D eigenvalue weighted by atomic mass is 9.49. The van der Waals surface area contributed by atoms with Gasteiger partial charge in [0, 0.05) is 12.1 Å². The molecule has 3 fully saturated rings. The Kier molecular flexibility index (Phi) is 3.64. The summed E-state index contributed by atoms with van der Waals surface area (Å²) in [6.45, 7) is 4.74. The van der Waals surface area contributed by atoms with Gasteiger partial charge in [-0.2, -0.15) is 0 Å². The van der Waals surface area contributed by atoms with Crippen molar-refractivity contribution in [3.05, 3.63) is 29.3 Å². The second-order valence-corrected chi connectivity index (χ2v) is 7.87. The van der Waals surface area contributed by atoms with Crippen LogP contribution in [0.5, 0.6) is 5.75 Å². The maximum Gasteiger partial charge on any atom is 0.310 e. The summed E-state index contributed by atoms with van der Waals surface area (Å²) in [5.74, 6) is 1.49. The highest BCUT2D eigenvalue weighted by molar-refractivity contribution is 5.74. The van der Waals surface area contributed by atoms with Crippen LogP contribution in [-0.4, -0.2) is 43.7 Å². The molecule has 130 valence electrons. The van der Waals surface area contributed by atoms with Crippen LogP contribution in [0.25, 0.3) is 0 Å². The summed E-state index contributed by atoms with van der Waals surface area (Å²) in [7, 11) is 3.92. The van der Waals surface area contributed by atoms with Gasteiger partial charge in [-0.1, -0.05) is 13.0 Å². The summed E-state index contributed by atoms with van der Waals surface area (Å²) in [6.07, 6.45) is 3.04. The largest absolute Gasteiger partial charge is 0.497 e. The van der Waals surface area contributed by atoms with Crippen LogP contribution in [0.4, 0.5) is 0 Å². The first kappa shape index (κ1) is 15.9. The van der Waals surface area contributed by atoms with E-state index in [-0.39, 0.29) is 17.3 Å². The SMILES string of the molecule is CCOC(=O)C1C[C@@]2(C)C3CC1N(C)C2Cc1cc(OC)ccc13. The number of hydrogen-bond acceptors (Lipinski definition) is 4. The van der Waals surface area contributed by atoms with Crippen molar-refractivity contribution in [2.45, 2.75) is 51.1 Å². The molecule has 1 saturated carbocycles. The molecule has 24 heavy (non-hydrogen) atoms. The molecule has 4 heteroatoms. The Morgan fingerprint density at radius 2 is 2.21 bits per heavy atom. The molecule has 4 aliphatic rings. The number of carbonyl (C=O) groups excluding carboxylic acids is 1. The van der Waals surface area contributed by atoms with Gasteiger partial charge in [-0.25, -0.2) is 0 Å². The average molecular weight is 329 g/mol. The molecule has 2 heterocycles. The second-order valence-electron chi connectivity index (χ2n) is 7.87. The van der Waals surface area contributed by atoms with Crippen LogP contribution in [0, 0.1) is 11.3 Å². The fourth-order valence-electron chi connectivity index (χ4n) is 5.73. The van der Waals surface area contributed by atoms with E-state index in [1.807, 2.05) is 6.92 Å². The molecule has 2 saturated heterocycles. The van der Waals surface area contributed by atoms with Gasteiger partial charge in [0.25, 0.3) is 0 Å². The molecule has 0 spiro atoms. The fraction of sp³-hybridized carbons (Fsp3) is 0.650. The van der Waals surface area contributed by atoms with Gasteiger partial charge in [0.15, 0.2) is 0 Å². The van der Waals surface area contributed by atoms with E-state index in [4.69, 9.17) is 9.47 Å². The first-order chi connectivity index (χ1) is 11.5. The highest BCUT2D eigenvalue weighted by Gasteiger charge is 2.61. The van der Waals surface area contributed by atoms with Gasteiger partial charge in [-0.05, 0) is 67.8 Å². The van der Waals surface area contributed by atoms with E-state index in [1.54, 1.807) is 7.11 Å². The Bertz CT molecular complexity index is 673. The minimum absolute atomic E-state index is 0.00648. The van der Waals surface area contributed by atoms with Crippen LogP contribution in [0.2, 0.25) is 0 Å². The Hall–Kier alpha value is -1.55. The maximum absolute atomic E-state index is 12.5. The van der Waals surface area contributed by atoms with Crippen LogP contribution in [0.3, 0.4) is 0 Å². The topological polar surface area (TPSA) is 38.8 Å². The number of likely N-dealkylation sites (N-methyl/N-ethyl adjacent to an activating group) is 1. The lowest BCUT2D eigenvalue weighted by molar-refractivity contribution is -0.169. The molecule has 4 bridgehead atoms. The zero-order valence-corrected chi connectivity index (χ0v) is 15.0. The molecule has 5 rings (SSSR count). The molecule has 2 aliphatic heterocycles. The number of piperidine rings is 2. The van der Waals surface area contributed by atoms with E-state index in [1.165, 1.54) is 11.1 Å². The van der Waals surface area contributed by atoms with Gasteiger partial charge in [0.05, 0.1) is 19.6 Å². The minimum Gasteiger partial charge on any atom is -0.497 e. The quantitative estimate of drug-likeness (QED) is 0.799. The summed E-state index contributed by atoms with van der Waals surface area (Å²) in [5.41, 5.74) is 3.03. The third kappa shape index (κ3) is 2.05. The summed E-state index contributed by atoms with van der Waals surface area (Å²) in [6, 6.07) is 7.33. The molecular formula is C20H27NO3. The van der Waals surface area contributed by atoms with E-state index in [2.05, 4.69) is 37.1 Å². The highest BCUT2D eigenvalue weighted by atomic mass is 16.5. The summed E-state index contributed by atoms with van der Waals surface area (Å²) in [4.78, 5) is 14.9. The number of benzene rings is 1. The first-order valence-corrected chi connectivity index (χ1v) is 9.05. The minimum atomic E-state index is -0.00648. The molecule has 0 N–H and O–H groups in total. The molecule has 0 amide bonds. The van der Waals surface area contributed by atoms with Crippen LogP contribution in [-0.2, 0) is 16.0 Å². The van der Waals surface area contributed by atoms with E-state index < -0.39 is 0 Å². The number of ether oxygens (including phenoxy) is 2.